The third-order valence-corrected chi connectivity index (χ3v) is 4.36. The van der Waals surface area contributed by atoms with Crippen LogP contribution in [0.2, 0.25) is 0 Å². The van der Waals surface area contributed by atoms with Gasteiger partial charge in [-0.1, -0.05) is 25.1 Å². The Hall–Kier alpha value is -2.73. The van der Waals surface area contributed by atoms with E-state index in [-0.39, 0.29) is 30.2 Å². The predicted molar refractivity (Wildman–Crippen MR) is 97.5 cm³/mol. The standard InChI is InChI=1S/C20H21FN2O3/c1-14(12-15-4-2-3-5-18(15)21)20(25)22-16-6-8-17(9-7-16)23-10-11-26-13-19(23)24/h2-9,14H,10-13H2,1H3,(H,22,25). The third kappa shape index (κ3) is 4.26. The van der Waals surface area contributed by atoms with Gasteiger partial charge in [0.05, 0.1) is 6.61 Å². The normalized spacial score (nSPS) is 15.6. The molecule has 6 heteroatoms. The largest absolute Gasteiger partial charge is 0.370 e. The van der Waals surface area contributed by atoms with E-state index in [1.165, 1.54) is 6.07 Å². The second-order valence-corrected chi connectivity index (χ2v) is 6.33. The summed E-state index contributed by atoms with van der Waals surface area (Å²) in [6.07, 6.45) is 0.332. The number of anilines is 2. The lowest BCUT2D eigenvalue weighted by Crippen LogP contribution is -2.41. The Morgan fingerprint density at radius 2 is 1.96 bits per heavy atom. The van der Waals surface area contributed by atoms with Gasteiger partial charge in [0.15, 0.2) is 0 Å². The fourth-order valence-electron chi connectivity index (χ4n) is 2.87. The van der Waals surface area contributed by atoms with Crippen LogP contribution in [0, 0.1) is 11.7 Å². The fourth-order valence-corrected chi connectivity index (χ4v) is 2.87. The minimum Gasteiger partial charge on any atom is -0.370 e. The molecule has 1 atom stereocenters. The molecule has 0 bridgehead atoms. The second kappa shape index (κ2) is 8.10. The first kappa shape index (κ1) is 18.1. The molecule has 1 heterocycles. The fraction of sp³-hybridized carbons (Fsp3) is 0.300. The molecule has 1 unspecified atom stereocenters. The predicted octanol–water partition coefficient (Wildman–Crippen LogP) is 3.01. The summed E-state index contributed by atoms with van der Waals surface area (Å²) in [4.78, 5) is 25.9. The van der Waals surface area contributed by atoms with Crippen LogP contribution in [-0.2, 0) is 20.7 Å². The summed E-state index contributed by atoms with van der Waals surface area (Å²) in [7, 11) is 0. The van der Waals surface area contributed by atoms with Gasteiger partial charge in [-0.2, -0.15) is 0 Å². The molecule has 2 aromatic rings. The summed E-state index contributed by atoms with van der Waals surface area (Å²) in [5, 5.41) is 2.83. The average molecular weight is 356 g/mol. The van der Waals surface area contributed by atoms with Crippen molar-refractivity contribution in [1.29, 1.82) is 0 Å². The van der Waals surface area contributed by atoms with E-state index in [1.54, 1.807) is 54.3 Å². The number of nitrogens with zero attached hydrogens (tertiary/aromatic N) is 1. The molecule has 1 saturated heterocycles. The Labute approximate surface area is 151 Å². The molecule has 5 nitrogen and oxygen atoms in total. The lowest BCUT2D eigenvalue weighted by Gasteiger charge is -2.27. The minimum atomic E-state index is -0.368. The van der Waals surface area contributed by atoms with Gasteiger partial charge in [0, 0.05) is 23.8 Å². The van der Waals surface area contributed by atoms with Gasteiger partial charge in [-0.05, 0) is 42.3 Å². The quantitative estimate of drug-likeness (QED) is 0.896. The van der Waals surface area contributed by atoms with Crippen molar-refractivity contribution in [2.75, 3.05) is 30.0 Å². The third-order valence-electron chi connectivity index (χ3n) is 4.36. The molecular weight excluding hydrogens is 335 g/mol. The zero-order chi connectivity index (χ0) is 18.5. The van der Waals surface area contributed by atoms with Crippen LogP contribution in [0.3, 0.4) is 0 Å². The van der Waals surface area contributed by atoms with E-state index in [9.17, 15) is 14.0 Å². The van der Waals surface area contributed by atoms with Crippen molar-refractivity contribution in [3.05, 3.63) is 59.9 Å². The van der Waals surface area contributed by atoms with Crippen LogP contribution in [0.5, 0.6) is 0 Å². The zero-order valence-electron chi connectivity index (χ0n) is 14.6. The molecule has 0 spiro atoms. The van der Waals surface area contributed by atoms with Crippen LogP contribution < -0.4 is 10.2 Å². The van der Waals surface area contributed by atoms with Crippen molar-refractivity contribution in [3.63, 3.8) is 0 Å². The van der Waals surface area contributed by atoms with E-state index < -0.39 is 0 Å². The van der Waals surface area contributed by atoms with Crippen molar-refractivity contribution in [1.82, 2.24) is 0 Å². The number of halogens is 1. The number of ether oxygens (including phenoxy) is 1. The summed E-state index contributed by atoms with van der Waals surface area (Å²) in [5.74, 6) is -0.922. The molecule has 0 aromatic heterocycles. The van der Waals surface area contributed by atoms with Gasteiger partial charge in [-0.3, -0.25) is 9.59 Å². The SMILES string of the molecule is CC(Cc1ccccc1F)C(=O)Nc1ccc(N2CCOCC2=O)cc1. The van der Waals surface area contributed by atoms with Crippen LogP contribution in [0.15, 0.2) is 48.5 Å². The van der Waals surface area contributed by atoms with Crippen molar-refractivity contribution in [2.24, 2.45) is 5.92 Å². The summed E-state index contributed by atoms with van der Waals surface area (Å²) < 4.78 is 18.8. The highest BCUT2D eigenvalue weighted by Crippen LogP contribution is 2.21. The number of hydrogen-bond acceptors (Lipinski definition) is 3. The van der Waals surface area contributed by atoms with Gasteiger partial charge in [-0.15, -0.1) is 0 Å². The van der Waals surface area contributed by atoms with Gasteiger partial charge >= 0.3 is 0 Å². The minimum absolute atomic E-state index is 0.0773. The Balaban J connectivity index is 1.60. The summed E-state index contributed by atoms with van der Waals surface area (Å²) in [6, 6.07) is 13.6. The number of amides is 2. The number of hydrogen-bond donors (Lipinski definition) is 1. The van der Waals surface area contributed by atoms with Gasteiger partial charge in [0.2, 0.25) is 5.91 Å². The number of carbonyl (C=O) groups is 2. The number of morpholine rings is 1. The monoisotopic (exact) mass is 356 g/mol. The maximum absolute atomic E-state index is 13.7. The first-order valence-electron chi connectivity index (χ1n) is 8.57. The van der Waals surface area contributed by atoms with Crippen LogP contribution >= 0.6 is 0 Å². The summed E-state index contributed by atoms with van der Waals surface area (Å²) >= 11 is 0. The van der Waals surface area contributed by atoms with Crippen molar-refractivity contribution in [3.8, 4) is 0 Å². The lowest BCUT2D eigenvalue weighted by molar-refractivity contribution is -0.125. The molecule has 136 valence electrons. The van der Waals surface area contributed by atoms with E-state index in [2.05, 4.69) is 5.32 Å². The molecule has 1 fully saturated rings. The van der Waals surface area contributed by atoms with Gasteiger partial charge in [0.25, 0.3) is 5.91 Å². The maximum atomic E-state index is 13.7. The van der Waals surface area contributed by atoms with E-state index in [1.807, 2.05) is 0 Å². The van der Waals surface area contributed by atoms with Crippen LogP contribution in [0.4, 0.5) is 15.8 Å². The molecule has 2 amide bonds. The van der Waals surface area contributed by atoms with E-state index in [0.717, 1.165) is 5.69 Å². The highest BCUT2D eigenvalue weighted by atomic mass is 19.1. The number of rotatable bonds is 5. The number of carbonyl (C=O) groups excluding carboxylic acids is 2. The molecule has 1 N–H and O–H groups in total. The summed E-state index contributed by atoms with van der Waals surface area (Å²) in [6.45, 7) is 2.89. The van der Waals surface area contributed by atoms with E-state index in [0.29, 0.717) is 30.8 Å². The van der Waals surface area contributed by atoms with Crippen molar-refractivity contribution in [2.45, 2.75) is 13.3 Å². The van der Waals surface area contributed by atoms with Crippen molar-refractivity contribution < 1.29 is 18.7 Å². The van der Waals surface area contributed by atoms with E-state index in [4.69, 9.17) is 4.74 Å². The van der Waals surface area contributed by atoms with Crippen molar-refractivity contribution >= 4 is 23.2 Å². The zero-order valence-corrected chi connectivity index (χ0v) is 14.6. The topological polar surface area (TPSA) is 58.6 Å². The first-order valence-corrected chi connectivity index (χ1v) is 8.57. The lowest BCUT2D eigenvalue weighted by atomic mass is 10.00. The van der Waals surface area contributed by atoms with Crippen LogP contribution in [0.25, 0.3) is 0 Å². The Morgan fingerprint density at radius 3 is 2.65 bits per heavy atom. The van der Waals surface area contributed by atoms with Crippen LogP contribution in [-0.4, -0.2) is 31.6 Å². The average Bonchev–Trinajstić information content (AvgIpc) is 2.65. The smallest absolute Gasteiger partial charge is 0.253 e. The Bertz CT molecular complexity index is 792. The van der Waals surface area contributed by atoms with Crippen LogP contribution in [0.1, 0.15) is 12.5 Å². The molecular formula is C20H21FN2O3. The van der Waals surface area contributed by atoms with Gasteiger partial charge in [-0.25, -0.2) is 4.39 Å². The van der Waals surface area contributed by atoms with Gasteiger partial charge in [0.1, 0.15) is 12.4 Å². The highest BCUT2D eigenvalue weighted by Gasteiger charge is 2.20. The Kier molecular flexibility index (Phi) is 5.63. The maximum Gasteiger partial charge on any atom is 0.253 e. The molecule has 0 saturated carbocycles. The molecule has 1 aliphatic heterocycles. The van der Waals surface area contributed by atoms with Gasteiger partial charge < -0.3 is 15.0 Å². The molecule has 1 aliphatic rings. The molecule has 0 radical (unpaired) electrons. The molecule has 2 aromatic carbocycles. The second-order valence-electron chi connectivity index (χ2n) is 6.33. The highest BCUT2D eigenvalue weighted by molar-refractivity contribution is 5.96. The number of benzene rings is 2. The number of nitrogens with one attached hydrogen (secondary N) is 1. The molecule has 26 heavy (non-hydrogen) atoms. The first-order chi connectivity index (χ1) is 12.5. The van der Waals surface area contributed by atoms with E-state index >= 15 is 0 Å². The molecule has 0 aliphatic carbocycles. The molecule has 3 rings (SSSR count). The Morgan fingerprint density at radius 1 is 1.23 bits per heavy atom. The summed E-state index contributed by atoms with van der Waals surface area (Å²) in [5.41, 5.74) is 1.94.